The summed E-state index contributed by atoms with van der Waals surface area (Å²) in [5, 5.41) is 2.96. The van der Waals surface area contributed by atoms with Gasteiger partial charge in [0.1, 0.15) is 5.82 Å². The van der Waals surface area contributed by atoms with E-state index in [9.17, 15) is 17.6 Å². The van der Waals surface area contributed by atoms with Crippen LogP contribution in [0.15, 0.2) is 18.2 Å². The molecule has 0 saturated heterocycles. The largest absolute Gasteiger partial charge is 0.416 e. The highest BCUT2D eigenvalue weighted by atomic mass is 19.4. The first-order valence-corrected chi connectivity index (χ1v) is 6.91. The Kier molecular flexibility index (Phi) is 4.25. The molecule has 1 aromatic carbocycles. The molecule has 5 heteroatoms. The zero-order valence-electron chi connectivity index (χ0n) is 11.5. The Hall–Kier alpha value is -1.26. The Morgan fingerprint density at radius 1 is 1.15 bits per heavy atom. The second-order valence-corrected chi connectivity index (χ2v) is 5.92. The third kappa shape index (κ3) is 3.64. The van der Waals surface area contributed by atoms with Crippen molar-refractivity contribution >= 4 is 5.69 Å². The standard InChI is InChI=1S/C15H19F4N/c1-14(7-3-2-4-8-14)10-20-13-6-5-11(9-12(13)16)15(17,18)19/h5-6,9,20H,2-4,7-8,10H2,1H3. The predicted molar refractivity (Wildman–Crippen MR) is 71.1 cm³/mol. The zero-order valence-corrected chi connectivity index (χ0v) is 11.5. The van der Waals surface area contributed by atoms with Gasteiger partial charge in [0, 0.05) is 6.54 Å². The molecule has 0 bridgehead atoms. The summed E-state index contributed by atoms with van der Waals surface area (Å²) in [5.41, 5.74) is -0.706. The molecule has 1 nitrogen and oxygen atoms in total. The lowest BCUT2D eigenvalue weighted by Gasteiger charge is -2.34. The van der Waals surface area contributed by atoms with Gasteiger partial charge in [-0.2, -0.15) is 13.2 Å². The van der Waals surface area contributed by atoms with Crippen molar-refractivity contribution < 1.29 is 17.6 Å². The summed E-state index contributed by atoms with van der Waals surface area (Å²) in [5.74, 6) is -0.848. The van der Waals surface area contributed by atoms with Crippen LogP contribution in [0, 0.1) is 11.2 Å². The molecular formula is C15H19F4N. The summed E-state index contributed by atoms with van der Waals surface area (Å²) in [6.45, 7) is 2.73. The minimum absolute atomic E-state index is 0.105. The molecule has 2 rings (SSSR count). The van der Waals surface area contributed by atoms with Crippen LogP contribution in [-0.2, 0) is 6.18 Å². The van der Waals surface area contributed by atoms with E-state index in [1.54, 1.807) is 0 Å². The van der Waals surface area contributed by atoms with Crippen molar-refractivity contribution in [3.05, 3.63) is 29.6 Å². The first-order chi connectivity index (χ1) is 9.30. The molecule has 112 valence electrons. The summed E-state index contributed by atoms with van der Waals surface area (Å²) in [7, 11) is 0. The van der Waals surface area contributed by atoms with Crippen molar-refractivity contribution in [3.8, 4) is 0 Å². The Morgan fingerprint density at radius 2 is 1.80 bits per heavy atom. The molecule has 1 fully saturated rings. The fourth-order valence-corrected chi connectivity index (χ4v) is 2.73. The smallest absolute Gasteiger partial charge is 0.382 e. The van der Waals surface area contributed by atoms with E-state index in [1.165, 1.54) is 12.5 Å². The molecule has 1 aliphatic rings. The summed E-state index contributed by atoms with van der Waals surface area (Å²) in [6.07, 6.45) is 1.19. The van der Waals surface area contributed by atoms with Crippen LogP contribution < -0.4 is 5.32 Å². The number of nitrogens with one attached hydrogen (secondary N) is 1. The van der Waals surface area contributed by atoms with Gasteiger partial charge in [0.15, 0.2) is 0 Å². The first-order valence-electron chi connectivity index (χ1n) is 6.91. The molecule has 0 radical (unpaired) electrons. The number of rotatable bonds is 3. The van der Waals surface area contributed by atoms with Gasteiger partial charge >= 0.3 is 6.18 Å². The van der Waals surface area contributed by atoms with Crippen LogP contribution in [0.4, 0.5) is 23.2 Å². The van der Waals surface area contributed by atoms with E-state index in [0.717, 1.165) is 31.7 Å². The van der Waals surface area contributed by atoms with Gasteiger partial charge in [0.25, 0.3) is 0 Å². The molecule has 1 saturated carbocycles. The van der Waals surface area contributed by atoms with Crippen LogP contribution >= 0.6 is 0 Å². The highest BCUT2D eigenvalue weighted by molar-refractivity contribution is 5.47. The quantitative estimate of drug-likeness (QED) is 0.752. The average molecular weight is 289 g/mol. The van der Waals surface area contributed by atoms with Crippen molar-refractivity contribution in [2.24, 2.45) is 5.41 Å². The lowest BCUT2D eigenvalue weighted by atomic mass is 9.76. The third-order valence-electron chi connectivity index (χ3n) is 4.06. The SMILES string of the molecule is CC1(CNc2ccc(C(F)(F)F)cc2F)CCCCC1. The molecule has 1 aliphatic carbocycles. The van der Waals surface area contributed by atoms with E-state index in [2.05, 4.69) is 12.2 Å². The second kappa shape index (κ2) is 5.62. The number of alkyl halides is 3. The lowest BCUT2D eigenvalue weighted by molar-refractivity contribution is -0.137. The van der Waals surface area contributed by atoms with Gasteiger partial charge in [-0.15, -0.1) is 0 Å². The third-order valence-corrected chi connectivity index (χ3v) is 4.06. The average Bonchev–Trinajstić information content (AvgIpc) is 2.37. The lowest BCUT2D eigenvalue weighted by Crippen LogP contribution is -2.29. The molecule has 0 unspecified atom stereocenters. The Balaban J connectivity index is 2.03. The second-order valence-electron chi connectivity index (χ2n) is 5.92. The van der Waals surface area contributed by atoms with Gasteiger partial charge < -0.3 is 5.32 Å². The number of benzene rings is 1. The van der Waals surface area contributed by atoms with E-state index in [4.69, 9.17) is 0 Å². The maximum absolute atomic E-state index is 13.7. The normalized spacial score (nSPS) is 18.9. The molecule has 0 aliphatic heterocycles. The van der Waals surface area contributed by atoms with E-state index >= 15 is 0 Å². The predicted octanol–water partition coefficient (Wildman–Crippen LogP) is 5.23. The maximum atomic E-state index is 13.7. The van der Waals surface area contributed by atoms with Crippen LogP contribution in [-0.4, -0.2) is 6.54 Å². The number of halogens is 4. The number of hydrogen-bond donors (Lipinski definition) is 1. The molecular weight excluding hydrogens is 270 g/mol. The fourth-order valence-electron chi connectivity index (χ4n) is 2.73. The van der Waals surface area contributed by atoms with E-state index in [-0.39, 0.29) is 11.1 Å². The molecule has 0 heterocycles. The van der Waals surface area contributed by atoms with Crippen LogP contribution in [0.2, 0.25) is 0 Å². The molecule has 0 aromatic heterocycles. The summed E-state index contributed by atoms with van der Waals surface area (Å²) < 4.78 is 51.0. The van der Waals surface area contributed by atoms with Gasteiger partial charge in [-0.1, -0.05) is 26.2 Å². The maximum Gasteiger partial charge on any atom is 0.416 e. The fraction of sp³-hybridized carbons (Fsp3) is 0.600. The van der Waals surface area contributed by atoms with Gasteiger partial charge in [-0.05, 0) is 36.5 Å². The molecule has 20 heavy (non-hydrogen) atoms. The van der Waals surface area contributed by atoms with E-state index in [0.29, 0.717) is 12.6 Å². The molecule has 1 aromatic rings. The molecule has 0 atom stereocenters. The number of hydrogen-bond acceptors (Lipinski definition) is 1. The summed E-state index contributed by atoms with van der Waals surface area (Å²) in [4.78, 5) is 0. The molecule has 0 spiro atoms. The Bertz CT molecular complexity index is 461. The van der Waals surface area contributed by atoms with Gasteiger partial charge in [0.2, 0.25) is 0 Å². The highest BCUT2D eigenvalue weighted by Crippen LogP contribution is 2.36. The molecule has 0 amide bonds. The van der Waals surface area contributed by atoms with Crippen LogP contribution in [0.3, 0.4) is 0 Å². The Morgan fingerprint density at radius 3 is 2.35 bits per heavy atom. The molecule has 1 N–H and O–H groups in total. The van der Waals surface area contributed by atoms with Crippen molar-refractivity contribution in [2.75, 3.05) is 11.9 Å². The monoisotopic (exact) mass is 289 g/mol. The first kappa shape index (κ1) is 15.1. The van der Waals surface area contributed by atoms with Gasteiger partial charge in [-0.25, -0.2) is 4.39 Å². The van der Waals surface area contributed by atoms with Crippen LogP contribution in [0.1, 0.15) is 44.6 Å². The van der Waals surface area contributed by atoms with Crippen molar-refractivity contribution in [1.29, 1.82) is 0 Å². The summed E-state index contributed by atoms with van der Waals surface area (Å²) >= 11 is 0. The summed E-state index contributed by atoms with van der Waals surface area (Å²) in [6, 6.07) is 2.63. The van der Waals surface area contributed by atoms with E-state index in [1.807, 2.05) is 0 Å². The van der Waals surface area contributed by atoms with Crippen molar-refractivity contribution in [2.45, 2.75) is 45.2 Å². The minimum Gasteiger partial charge on any atom is -0.382 e. The topological polar surface area (TPSA) is 12.0 Å². The Labute approximate surface area is 116 Å². The number of anilines is 1. The highest BCUT2D eigenvalue weighted by Gasteiger charge is 2.31. The van der Waals surface area contributed by atoms with Gasteiger partial charge in [-0.3, -0.25) is 0 Å². The van der Waals surface area contributed by atoms with Crippen LogP contribution in [0.25, 0.3) is 0 Å². The van der Waals surface area contributed by atoms with E-state index < -0.39 is 17.6 Å². The van der Waals surface area contributed by atoms with Crippen LogP contribution in [0.5, 0.6) is 0 Å². The van der Waals surface area contributed by atoms with Crippen molar-refractivity contribution in [3.63, 3.8) is 0 Å². The minimum atomic E-state index is -4.51. The van der Waals surface area contributed by atoms with Crippen molar-refractivity contribution in [1.82, 2.24) is 0 Å². The zero-order chi connectivity index (χ0) is 14.8. The van der Waals surface area contributed by atoms with Gasteiger partial charge in [0.05, 0.1) is 11.3 Å².